The minimum atomic E-state index is -0.771. The van der Waals surface area contributed by atoms with Crippen molar-refractivity contribution in [2.45, 2.75) is 39.3 Å². The lowest BCUT2D eigenvalue weighted by Gasteiger charge is -2.50. The van der Waals surface area contributed by atoms with Crippen molar-refractivity contribution in [1.82, 2.24) is 24.9 Å². The SMILES string of the molecule is CC1(C)C[C@@H]1C(=O)N1CC2(CN(C(=O)c3cnn(Cc4ccccc4)c3)CC2C(=O)NCC(O)Cc2ccc(Cl)cc2)C1. The summed E-state index contributed by atoms with van der Waals surface area (Å²) in [5.41, 5.74) is 1.98. The smallest absolute Gasteiger partial charge is 0.257 e. The molecule has 2 aromatic carbocycles. The van der Waals surface area contributed by atoms with Crippen molar-refractivity contribution in [1.29, 1.82) is 0 Å². The van der Waals surface area contributed by atoms with Crippen LogP contribution in [0.2, 0.25) is 5.02 Å². The van der Waals surface area contributed by atoms with Gasteiger partial charge in [-0.15, -0.1) is 0 Å². The number of likely N-dealkylation sites (tertiary alicyclic amines) is 2. The Labute approximate surface area is 256 Å². The van der Waals surface area contributed by atoms with Crippen molar-refractivity contribution in [2.75, 3.05) is 32.7 Å². The van der Waals surface area contributed by atoms with Gasteiger partial charge in [0.2, 0.25) is 11.8 Å². The third-order valence-electron chi connectivity index (χ3n) is 9.35. The molecule has 2 unspecified atom stereocenters. The van der Waals surface area contributed by atoms with Crippen molar-refractivity contribution >= 4 is 29.3 Å². The molecule has 1 saturated carbocycles. The van der Waals surface area contributed by atoms with Gasteiger partial charge in [0.25, 0.3) is 5.91 Å². The molecule has 10 heteroatoms. The second-order valence-electron chi connectivity index (χ2n) is 13.2. The minimum Gasteiger partial charge on any atom is -0.391 e. The molecule has 226 valence electrons. The highest BCUT2D eigenvalue weighted by Crippen LogP contribution is 2.54. The summed E-state index contributed by atoms with van der Waals surface area (Å²) in [5, 5.41) is 18.6. The Balaban J connectivity index is 1.12. The highest BCUT2D eigenvalue weighted by molar-refractivity contribution is 6.30. The van der Waals surface area contributed by atoms with E-state index in [1.54, 1.807) is 34.1 Å². The van der Waals surface area contributed by atoms with Crippen LogP contribution in [0, 0.1) is 22.7 Å². The Morgan fingerprint density at radius 2 is 1.67 bits per heavy atom. The van der Waals surface area contributed by atoms with Gasteiger partial charge in [0.1, 0.15) is 0 Å². The van der Waals surface area contributed by atoms with E-state index in [1.165, 1.54) is 0 Å². The molecule has 0 radical (unpaired) electrons. The zero-order valence-corrected chi connectivity index (χ0v) is 25.3. The quantitative estimate of drug-likeness (QED) is 0.390. The average molecular weight is 604 g/mol. The van der Waals surface area contributed by atoms with E-state index in [9.17, 15) is 19.5 Å². The van der Waals surface area contributed by atoms with Crippen molar-refractivity contribution in [2.24, 2.45) is 22.7 Å². The molecule has 3 heterocycles. The summed E-state index contributed by atoms with van der Waals surface area (Å²) in [4.78, 5) is 43.9. The fraction of sp³-hybridized carbons (Fsp3) is 0.455. The molecule has 1 spiro atoms. The predicted octanol–water partition coefficient (Wildman–Crippen LogP) is 3.25. The van der Waals surface area contributed by atoms with Gasteiger partial charge in [0, 0.05) is 61.7 Å². The van der Waals surface area contributed by atoms with Crippen LogP contribution in [0.25, 0.3) is 0 Å². The Hall–Kier alpha value is -3.69. The van der Waals surface area contributed by atoms with E-state index in [2.05, 4.69) is 24.3 Å². The lowest BCUT2D eigenvalue weighted by molar-refractivity contribution is -0.151. The third-order valence-corrected chi connectivity index (χ3v) is 9.60. The molecular weight excluding hydrogens is 566 g/mol. The van der Waals surface area contributed by atoms with Gasteiger partial charge in [0.15, 0.2) is 0 Å². The summed E-state index contributed by atoms with van der Waals surface area (Å²) in [7, 11) is 0. The maximum Gasteiger partial charge on any atom is 0.257 e. The number of aromatic nitrogens is 2. The largest absolute Gasteiger partial charge is 0.391 e. The van der Waals surface area contributed by atoms with Gasteiger partial charge in [-0.25, -0.2) is 0 Å². The standard InChI is InChI=1S/C33H38ClN5O4/c1-32(2)13-27(32)31(43)38-20-33(21-38)19-37(30(42)24-14-36-39(17-24)16-23-6-4-3-5-7-23)18-28(33)29(41)35-15-26(40)12-22-8-10-25(34)11-9-22/h3-11,14,17,26-28,40H,12-13,15-16,18-21H2,1-2H3,(H,35,41)/t26?,27-,28?/m1/s1. The molecule has 2 N–H and O–H groups in total. The lowest BCUT2D eigenvalue weighted by Crippen LogP contribution is -2.64. The fourth-order valence-electron chi connectivity index (χ4n) is 6.60. The van der Waals surface area contributed by atoms with E-state index >= 15 is 0 Å². The predicted molar refractivity (Wildman–Crippen MR) is 162 cm³/mol. The van der Waals surface area contributed by atoms with Crippen molar-refractivity contribution in [3.8, 4) is 0 Å². The van der Waals surface area contributed by atoms with E-state index in [0.717, 1.165) is 17.5 Å². The zero-order chi connectivity index (χ0) is 30.4. The molecule has 6 rings (SSSR count). The highest BCUT2D eigenvalue weighted by atomic mass is 35.5. The van der Waals surface area contributed by atoms with Gasteiger partial charge in [-0.3, -0.25) is 19.1 Å². The van der Waals surface area contributed by atoms with E-state index in [4.69, 9.17) is 11.6 Å². The van der Waals surface area contributed by atoms with E-state index in [1.807, 2.05) is 47.4 Å². The summed E-state index contributed by atoms with van der Waals surface area (Å²) in [6.45, 7) is 6.37. The zero-order valence-electron chi connectivity index (χ0n) is 24.6. The Bertz CT molecular complexity index is 1500. The Morgan fingerprint density at radius 1 is 1.00 bits per heavy atom. The summed E-state index contributed by atoms with van der Waals surface area (Å²) in [5.74, 6) is -0.710. The van der Waals surface area contributed by atoms with E-state index in [-0.39, 0.29) is 42.1 Å². The molecule has 43 heavy (non-hydrogen) atoms. The first-order valence-electron chi connectivity index (χ1n) is 14.9. The molecule has 3 fully saturated rings. The lowest BCUT2D eigenvalue weighted by atomic mass is 9.71. The first-order chi connectivity index (χ1) is 20.5. The van der Waals surface area contributed by atoms with Crippen LogP contribution in [0.3, 0.4) is 0 Å². The van der Waals surface area contributed by atoms with E-state index in [0.29, 0.717) is 43.2 Å². The van der Waals surface area contributed by atoms with Crippen molar-refractivity contribution in [3.63, 3.8) is 0 Å². The Kier molecular flexibility index (Phi) is 7.81. The fourth-order valence-corrected chi connectivity index (χ4v) is 6.73. The maximum absolute atomic E-state index is 13.6. The molecule has 2 aliphatic heterocycles. The summed E-state index contributed by atoms with van der Waals surface area (Å²) in [6, 6.07) is 17.2. The molecule has 9 nitrogen and oxygen atoms in total. The van der Waals surface area contributed by atoms with E-state index < -0.39 is 17.4 Å². The normalized spacial score (nSPS) is 22.2. The number of aliphatic hydroxyl groups excluding tert-OH is 1. The number of nitrogens with zero attached hydrogens (tertiary/aromatic N) is 4. The number of hydrogen-bond acceptors (Lipinski definition) is 5. The number of aliphatic hydroxyl groups is 1. The topological polar surface area (TPSA) is 108 Å². The van der Waals surface area contributed by atoms with Crippen LogP contribution in [0.5, 0.6) is 0 Å². The molecular formula is C33H38ClN5O4. The van der Waals surface area contributed by atoms with Crippen LogP contribution in [0.15, 0.2) is 67.0 Å². The second kappa shape index (κ2) is 11.4. The van der Waals surface area contributed by atoms with Crippen molar-refractivity contribution in [3.05, 3.63) is 88.7 Å². The molecule has 0 bridgehead atoms. The molecule has 3 aliphatic rings. The third kappa shape index (κ3) is 6.19. The molecule has 1 aliphatic carbocycles. The number of nitrogens with one attached hydrogen (secondary N) is 1. The number of carbonyl (C=O) groups is 3. The van der Waals surface area contributed by atoms with Crippen molar-refractivity contribution < 1.29 is 19.5 Å². The molecule has 3 aromatic rings. The van der Waals surface area contributed by atoms with Crippen LogP contribution in [-0.2, 0) is 22.6 Å². The summed E-state index contributed by atoms with van der Waals surface area (Å²) >= 11 is 5.96. The van der Waals surface area contributed by atoms with Gasteiger partial charge in [-0.2, -0.15) is 5.10 Å². The number of hydrogen-bond donors (Lipinski definition) is 2. The van der Waals surface area contributed by atoms with Gasteiger partial charge in [-0.05, 0) is 35.1 Å². The first kappa shape index (κ1) is 29.4. The highest BCUT2D eigenvalue weighted by Gasteiger charge is 2.61. The van der Waals surface area contributed by atoms with Gasteiger partial charge in [-0.1, -0.05) is 67.9 Å². The second-order valence-corrected chi connectivity index (χ2v) is 13.6. The monoisotopic (exact) mass is 603 g/mol. The molecule has 3 atom stereocenters. The number of carbonyl (C=O) groups excluding carboxylic acids is 3. The number of amides is 3. The van der Waals surface area contributed by atoms with Crippen LogP contribution in [-0.4, -0.2) is 81.2 Å². The molecule has 2 saturated heterocycles. The summed E-state index contributed by atoms with van der Waals surface area (Å²) < 4.78 is 1.74. The number of rotatable bonds is 9. The van der Waals surface area contributed by atoms with Crippen LogP contribution < -0.4 is 5.32 Å². The average Bonchev–Trinajstić information content (AvgIpc) is 3.29. The van der Waals surface area contributed by atoms with Crippen LogP contribution in [0.4, 0.5) is 0 Å². The minimum absolute atomic E-state index is 0.0222. The Morgan fingerprint density at radius 3 is 2.35 bits per heavy atom. The summed E-state index contributed by atoms with van der Waals surface area (Å²) in [6.07, 6.45) is 3.80. The van der Waals surface area contributed by atoms with Gasteiger partial charge in [0.05, 0.1) is 30.3 Å². The van der Waals surface area contributed by atoms with Crippen LogP contribution >= 0.6 is 11.6 Å². The maximum atomic E-state index is 13.6. The molecule has 1 aromatic heterocycles. The van der Waals surface area contributed by atoms with Crippen LogP contribution in [0.1, 0.15) is 41.8 Å². The first-order valence-corrected chi connectivity index (χ1v) is 15.3. The molecule has 3 amide bonds. The van der Waals surface area contributed by atoms with Gasteiger partial charge < -0.3 is 20.2 Å². The number of benzene rings is 2. The number of halogens is 1. The van der Waals surface area contributed by atoms with Gasteiger partial charge >= 0.3 is 0 Å².